The van der Waals surface area contributed by atoms with Gasteiger partial charge in [0.05, 0.1) is 4.90 Å². The Morgan fingerprint density at radius 3 is 2.05 bits per heavy atom. The maximum Gasteiger partial charge on any atom is 0.243 e. The normalized spacial score (nSPS) is 11.8. The topological polar surface area (TPSA) is 37.4 Å². The molecule has 4 heteroatoms. The smallest absolute Gasteiger partial charge is 0.207 e. The summed E-state index contributed by atoms with van der Waals surface area (Å²) in [6, 6.07) is 16.7. The summed E-state index contributed by atoms with van der Waals surface area (Å²) in [5.74, 6) is 0. The van der Waals surface area contributed by atoms with Gasteiger partial charge in [-0.1, -0.05) is 49.4 Å². The van der Waals surface area contributed by atoms with Gasteiger partial charge < -0.3 is 0 Å². The fourth-order valence-corrected chi connectivity index (χ4v) is 3.16. The minimum Gasteiger partial charge on any atom is -0.207 e. The quantitative estimate of drug-likeness (QED) is 0.848. The first kappa shape index (κ1) is 14.8. The highest BCUT2D eigenvalue weighted by Crippen LogP contribution is 2.17. The fraction of sp³-hybridized carbons (Fsp3) is 0.250. The Hall–Kier alpha value is -1.65. The van der Waals surface area contributed by atoms with Gasteiger partial charge in [0.1, 0.15) is 0 Å². The molecular formula is C16H19NO2S. The third kappa shape index (κ3) is 3.26. The lowest BCUT2D eigenvalue weighted by Crippen LogP contribution is -2.26. The summed E-state index contributed by atoms with van der Waals surface area (Å²) >= 11 is 0. The van der Waals surface area contributed by atoms with Crippen LogP contribution in [0.2, 0.25) is 0 Å². The molecule has 0 amide bonds. The van der Waals surface area contributed by atoms with Gasteiger partial charge in [-0.3, -0.25) is 0 Å². The van der Waals surface area contributed by atoms with E-state index in [0.29, 0.717) is 11.4 Å². The summed E-state index contributed by atoms with van der Waals surface area (Å²) in [7, 11) is -1.82. The van der Waals surface area contributed by atoms with E-state index in [4.69, 9.17) is 0 Å². The van der Waals surface area contributed by atoms with E-state index in [9.17, 15) is 8.42 Å². The Bertz CT molecular complexity index is 649. The van der Waals surface area contributed by atoms with Crippen molar-refractivity contribution in [2.75, 3.05) is 7.05 Å². The summed E-state index contributed by atoms with van der Waals surface area (Å²) in [6.45, 7) is 2.42. The van der Waals surface area contributed by atoms with E-state index >= 15 is 0 Å². The number of hydrogen-bond donors (Lipinski definition) is 0. The molecule has 0 aliphatic heterocycles. The molecule has 0 heterocycles. The largest absolute Gasteiger partial charge is 0.243 e. The molecule has 2 rings (SSSR count). The average Bonchev–Trinajstić information content (AvgIpc) is 2.48. The maximum absolute atomic E-state index is 12.5. The Morgan fingerprint density at radius 1 is 0.900 bits per heavy atom. The second-order valence-corrected chi connectivity index (χ2v) is 6.79. The molecule has 0 unspecified atom stereocenters. The number of nitrogens with zero attached hydrogens (tertiary/aromatic N) is 1. The molecular weight excluding hydrogens is 270 g/mol. The van der Waals surface area contributed by atoms with Crippen molar-refractivity contribution in [3.05, 3.63) is 65.7 Å². The van der Waals surface area contributed by atoms with Crippen LogP contribution in [-0.2, 0) is 23.0 Å². The summed E-state index contributed by atoms with van der Waals surface area (Å²) in [6.07, 6.45) is 0.903. The van der Waals surface area contributed by atoms with E-state index in [1.807, 2.05) is 49.4 Å². The summed E-state index contributed by atoms with van der Waals surface area (Å²) in [4.78, 5) is 0.341. The lowest BCUT2D eigenvalue weighted by molar-refractivity contribution is 0.466. The third-order valence-electron chi connectivity index (χ3n) is 3.29. The lowest BCUT2D eigenvalue weighted by Gasteiger charge is -2.17. The molecule has 0 saturated carbocycles. The highest BCUT2D eigenvalue weighted by atomic mass is 32.2. The predicted molar refractivity (Wildman–Crippen MR) is 80.9 cm³/mol. The first-order chi connectivity index (χ1) is 9.54. The molecule has 3 nitrogen and oxygen atoms in total. The fourth-order valence-electron chi connectivity index (χ4n) is 2.00. The van der Waals surface area contributed by atoms with Crippen molar-refractivity contribution in [1.29, 1.82) is 0 Å². The van der Waals surface area contributed by atoms with Crippen LogP contribution in [0.5, 0.6) is 0 Å². The zero-order valence-corrected chi connectivity index (χ0v) is 12.6. The zero-order chi connectivity index (χ0) is 14.6. The summed E-state index contributed by atoms with van der Waals surface area (Å²) < 4.78 is 26.3. The minimum absolute atomic E-state index is 0.341. The van der Waals surface area contributed by atoms with Crippen LogP contribution in [0.3, 0.4) is 0 Å². The van der Waals surface area contributed by atoms with Crippen LogP contribution in [0.25, 0.3) is 0 Å². The van der Waals surface area contributed by atoms with Crippen molar-refractivity contribution in [2.24, 2.45) is 0 Å². The lowest BCUT2D eigenvalue weighted by atomic mass is 10.2. The van der Waals surface area contributed by atoms with Gasteiger partial charge in [0.25, 0.3) is 0 Å². The van der Waals surface area contributed by atoms with Gasteiger partial charge in [0.15, 0.2) is 0 Å². The predicted octanol–water partition coefficient (Wildman–Crippen LogP) is 3.07. The second-order valence-electron chi connectivity index (χ2n) is 4.74. The average molecular weight is 289 g/mol. The van der Waals surface area contributed by atoms with E-state index in [2.05, 4.69) is 0 Å². The van der Waals surface area contributed by atoms with Crippen LogP contribution in [0.1, 0.15) is 18.1 Å². The highest BCUT2D eigenvalue weighted by molar-refractivity contribution is 7.89. The minimum atomic E-state index is -3.43. The Kier molecular flexibility index (Phi) is 4.57. The molecule has 0 atom stereocenters. The molecule has 2 aromatic rings. The molecule has 20 heavy (non-hydrogen) atoms. The molecule has 0 aliphatic rings. The SMILES string of the molecule is CCc1ccc(S(=O)(=O)N(C)Cc2ccccc2)cc1. The molecule has 0 spiro atoms. The van der Waals surface area contributed by atoms with Crippen molar-refractivity contribution in [3.8, 4) is 0 Å². The van der Waals surface area contributed by atoms with Crippen molar-refractivity contribution >= 4 is 10.0 Å². The number of rotatable bonds is 5. The number of sulfonamides is 1. The van der Waals surface area contributed by atoms with E-state index in [0.717, 1.165) is 17.5 Å². The molecule has 0 saturated heterocycles. The molecule has 0 aromatic heterocycles. The van der Waals surface area contributed by atoms with E-state index in [-0.39, 0.29) is 0 Å². The number of benzene rings is 2. The summed E-state index contributed by atoms with van der Waals surface area (Å²) in [5, 5.41) is 0. The molecule has 0 aliphatic carbocycles. The standard InChI is InChI=1S/C16H19NO2S/c1-3-14-9-11-16(12-10-14)20(18,19)17(2)13-15-7-5-4-6-8-15/h4-12H,3,13H2,1-2H3. The molecule has 0 N–H and O–H groups in total. The third-order valence-corrected chi connectivity index (χ3v) is 5.11. The van der Waals surface area contributed by atoms with Gasteiger partial charge >= 0.3 is 0 Å². The van der Waals surface area contributed by atoms with Gasteiger partial charge in [0.2, 0.25) is 10.0 Å². The first-order valence-corrected chi connectivity index (χ1v) is 8.07. The Labute approximate surface area is 120 Å². The van der Waals surface area contributed by atoms with E-state index < -0.39 is 10.0 Å². The van der Waals surface area contributed by atoms with Crippen molar-refractivity contribution in [3.63, 3.8) is 0 Å². The van der Waals surface area contributed by atoms with E-state index in [1.165, 1.54) is 4.31 Å². The van der Waals surface area contributed by atoms with Gasteiger partial charge in [-0.2, -0.15) is 4.31 Å². The van der Waals surface area contributed by atoms with Gasteiger partial charge in [-0.25, -0.2) is 8.42 Å². The number of hydrogen-bond acceptors (Lipinski definition) is 2. The van der Waals surface area contributed by atoms with Gasteiger partial charge in [-0.05, 0) is 29.7 Å². The van der Waals surface area contributed by atoms with Crippen molar-refractivity contribution in [1.82, 2.24) is 4.31 Å². The van der Waals surface area contributed by atoms with Crippen LogP contribution in [0.15, 0.2) is 59.5 Å². The summed E-state index contributed by atoms with van der Waals surface area (Å²) in [5.41, 5.74) is 2.11. The number of aryl methyl sites for hydroxylation is 1. The van der Waals surface area contributed by atoms with Crippen LogP contribution < -0.4 is 0 Å². The Balaban J connectivity index is 2.20. The molecule has 0 fully saturated rings. The highest BCUT2D eigenvalue weighted by Gasteiger charge is 2.20. The second kappa shape index (κ2) is 6.20. The van der Waals surface area contributed by atoms with Gasteiger partial charge in [0, 0.05) is 13.6 Å². The monoisotopic (exact) mass is 289 g/mol. The van der Waals surface area contributed by atoms with Crippen molar-refractivity contribution < 1.29 is 8.42 Å². The maximum atomic E-state index is 12.5. The molecule has 0 radical (unpaired) electrons. The van der Waals surface area contributed by atoms with Crippen LogP contribution >= 0.6 is 0 Å². The molecule has 0 bridgehead atoms. The van der Waals surface area contributed by atoms with Crippen LogP contribution in [-0.4, -0.2) is 19.8 Å². The van der Waals surface area contributed by atoms with Crippen LogP contribution in [0, 0.1) is 0 Å². The van der Waals surface area contributed by atoms with Gasteiger partial charge in [-0.15, -0.1) is 0 Å². The Morgan fingerprint density at radius 2 is 1.50 bits per heavy atom. The van der Waals surface area contributed by atoms with Crippen molar-refractivity contribution in [2.45, 2.75) is 24.8 Å². The van der Waals surface area contributed by atoms with E-state index in [1.54, 1.807) is 19.2 Å². The zero-order valence-electron chi connectivity index (χ0n) is 11.8. The van der Waals surface area contributed by atoms with Crippen LogP contribution in [0.4, 0.5) is 0 Å². The molecule has 2 aromatic carbocycles. The first-order valence-electron chi connectivity index (χ1n) is 6.63. The molecule has 106 valence electrons.